The molecule has 0 fully saturated rings. The van der Waals surface area contributed by atoms with E-state index >= 15 is 0 Å². The highest BCUT2D eigenvalue weighted by atomic mass is 16.5. The Morgan fingerprint density at radius 3 is 2.67 bits per heavy atom. The Kier molecular flexibility index (Phi) is 6.10. The quantitative estimate of drug-likeness (QED) is 0.344. The number of carbonyl (C=O) groups excluding carboxylic acids is 1. The van der Waals surface area contributed by atoms with Crippen molar-refractivity contribution in [3.05, 3.63) is 84.1 Å². The van der Waals surface area contributed by atoms with Crippen LogP contribution in [0.2, 0.25) is 0 Å². The second kappa shape index (κ2) is 8.90. The van der Waals surface area contributed by atoms with Gasteiger partial charge in [-0.1, -0.05) is 48.6 Å². The van der Waals surface area contributed by atoms with Crippen LogP contribution in [0.15, 0.2) is 73.0 Å². The minimum atomic E-state index is -0.338. The number of carbonyl (C=O) groups is 1. The predicted molar refractivity (Wildman–Crippen MR) is 109 cm³/mol. The van der Waals surface area contributed by atoms with Gasteiger partial charge in [0.15, 0.2) is 0 Å². The molecule has 27 heavy (non-hydrogen) atoms. The molecule has 0 spiro atoms. The van der Waals surface area contributed by atoms with E-state index < -0.39 is 0 Å². The molecular weight excluding hydrogens is 338 g/mol. The molecule has 1 aromatic heterocycles. The number of benzene rings is 2. The van der Waals surface area contributed by atoms with Gasteiger partial charge in [-0.05, 0) is 30.7 Å². The van der Waals surface area contributed by atoms with Gasteiger partial charge in [0.1, 0.15) is 5.75 Å². The van der Waals surface area contributed by atoms with E-state index in [1.165, 1.54) is 11.6 Å². The minimum Gasteiger partial charge on any atom is -0.497 e. The van der Waals surface area contributed by atoms with Crippen molar-refractivity contribution in [1.29, 1.82) is 0 Å². The molecule has 2 aromatic carbocycles. The number of methoxy groups -OCH3 is 1. The van der Waals surface area contributed by atoms with Crippen LogP contribution in [0.5, 0.6) is 5.75 Å². The average molecular weight is 361 g/mol. The van der Waals surface area contributed by atoms with Crippen LogP contribution in [0.4, 0.5) is 0 Å². The van der Waals surface area contributed by atoms with E-state index in [4.69, 9.17) is 9.47 Å². The van der Waals surface area contributed by atoms with E-state index in [0.717, 1.165) is 28.8 Å². The first-order valence-electron chi connectivity index (χ1n) is 8.93. The van der Waals surface area contributed by atoms with Crippen molar-refractivity contribution in [2.45, 2.75) is 13.5 Å². The molecule has 0 aliphatic rings. The predicted octanol–water partition coefficient (Wildman–Crippen LogP) is 4.83. The summed E-state index contributed by atoms with van der Waals surface area (Å²) in [6.45, 7) is 2.95. The molecule has 0 amide bonds. The lowest BCUT2D eigenvalue weighted by Crippen LogP contribution is -1.98. The highest BCUT2D eigenvalue weighted by molar-refractivity contribution is 5.91. The maximum atomic E-state index is 11.4. The number of aromatic nitrogens is 1. The molecule has 0 bridgehead atoms. The van der Waals surface area contributed by atoms with Crippen molar-refractivity contribution in [1.82, 2.24) is 4.57 Å². The fourth-order valence-electron chi connectivity index (χ4n) is 2.96. The molecule has 0 atom stereocenters. The Balaban J connectivity index is 1.92. The fraction of sp³-hybridized carbons (Fsp3) is 0.174. The molecule has 0 N–H and O–H groups in total. The average Bonchev–Trinajstić information content (AvgIpc) is 3.03. The number of hydrogen-bond donors (Lipinski definition) is 0. The number of hydrogen-bond acceptors (Lipinski definition) is 3. The third-order valence-corrected chi connectivity index (χ3v) is 4.22. The van der Waals surface area contributed by atoms with Gasteiger partial charge in [-0.2, -0.15) is 0 Å². The zero-order chi connectivity index (χ0) is 19.1. The van der Waals surface area contributed by atoms with E-state index in [-0.39, 0.29) is 5.97 Å². The van der Waals surface area contributed by atoms with Gasteiger partial charge in [0.05, 0.1) is 13.7 Å². The van der Waals surface area contributed by atoms with Crippen molar-refractivity contribution in [2.75, 3.05) is 13.7 Å². The number of fused-ring (bicyclic) bond motifs is 1. The van der Waals surface area contributed by atoms with Crippen LogP contribution in [0.1, 0.15) is 18.1 Å². The smallest absolute Gasteiger partial charge is 0.330 e. The largest absolute Gasteiger partial charge is 0.497 e. The van der Waals surface area contributed by atoms with Crippen LogP contribution in [0, 0.1) is 0 Å². The number of nitrogens with zero attached hydrogens (tertiary/aromatic N) is 1. The SMILES string of the molecule is CCOC(=O)C=CC=Cc1cn(Cc2ccccc2)c2ccc(OC)cc12. The van der Waals surface area contributed by atoms with Crippen molar-refractivity contribution in [3.8, 4) is 5.75 Å². The second-order valence-corrected chi connectivity index (χ2v) is 6.05. The van der Waals surface area contributed by atoms with Gasteiger partial charge in [-0.25, -0.2) is 4.79 Å². The number of esters is 1. The van der Waals surface area contributed by atoms with Crippen LogP contribution in [0.25, 0.3) is 17.0 Å². The highest BCUT2D eigenvalue weighted by Gasteiger charge is 2.08. The lowest BCUT2D eigenvalue weighted by atomic mass is 10.1. The molecule has 0 aliphatic heterocycles. The highest BCUT2D eigenvalue weighted by Crippen LogP contribution is 2.27. The molecule has 1 heterocycles. The Morgan fingerprint density at radius 2 is 1.93 bits per heavy atom. The molecular formula is C23H23NO3. The van der Waals surface area contributed by atoms with Crippen LogP contribution < -0.4 is 4.74 Å². The van der Waals surface area contributed by atoms with Crippen LogP contribution >= 0.6 is 0 Å². The van der Waals surface area contributed by atoms with Crippen molar-refractivity contribution < 1.29 is 14.3 Å². The third kappa shape index (κ3) is 4.67. The first kappa shape index (κ1) is 18.5. The van der Waals surface area contributed by atoms with E-state index in [2.05, 4.69) is 29.0 Å². The standard InChI is InChI=1S/C23H23NO3/c1-3-27-23(25)12-8-7-11-19-17-24(16-18-9-5-4-6-10-18)22-14-13-20(26-2)15-21(19)22/h4-15,17H,3,16H2,1-2H3. The summed E-state index contributed by atoms with van der Waals surface area (Å²) in [5, 5.41) is 1.10. The summed E-state index contributed by atoms with van der Waals surface area (Å²) in [6, 6.07) is 16.4. The summed E-state index contributed by atoms with van der Waals surface area (Å²) in [4.78, 5) is 11.4. The topological polar surface area (TPSA) is 40.5 Å². The molecule has 3 aromatic rings. The Bertz CT molecular complexity index is 968. The Morgan fingerprint density at radius 1 is 1.11 bits per heavy atom. The molecule has 0 saturated carbocycles. The van der Waals surface area contributed by atoms with Crippen LogP contribution in [0.3, 0.4) is 0 Å². The maximum Gasteiger partial charge on any atom is 0.330 e. The van der Waals surface area contributed by atoms with E-state index in [1.54, 1.807) is 20.1 Å². The van der Waals surface area contributed by atoms with Gasteiger partial charge in [-0.15, -0.1) is 0 Å². The van der Waals surface area contributed by atoms with Gasteiger partial charge in [0.2, 0.25) is 0 Å². The monoisotopic (exact) mass is 361 g/mol. The molecule has 0 unspecified atom stereocenters. The first-order valence-corrected chi connectivity index (χ1v) is 8.93. The summed E-state index contributed by atoms with van der Waals surface area (Å²) in [5.74, 6) is 0.479. The molecule has 0 aliphatic carbocycles. The summed E-state index contributed by atoms with van der Waals surface area (Å²) < 4.78 is 12.5. The third-order valence-electron chi connectivity index (χ3n) is 4.22. The molecule has 138 valence electrons. The van der Waals surface area contributed by atoms with Gasteiger partial charge < -0.3 is 14.0 Å². The summed E-state index contributed by atoms with van der Waals surface area (Å²) in [5.41, 5.74) is 3.44. The maximum absolute atomic E-state index is 11.4. The normalized spacial score (nSPS) is 11.5. The second-order valence-electron chi connectivity index (χ2n) is 6.05. The molecule has 0 radical (unpaired) electrons. The Labute approximate surface area is 159 Å². The molecule has 3 rings (SSSR count). The number of allylic oxidation sites excluding steroid dienone is 2. The van der Waals surface area contributed by atoms with Crippen molar-refractivity contribution >= 4 is 22.9 Å². The Hall–Kier alpha value is -3.27. The number of ether oxygens (including phenoxy) is 2. The van der Waals surface area contributed by atoms with E-state index in [0.29, 0.717) is 6.61 Å². The molecule has 0 saturated heterocycles. The van der Waals surface area contributed by atoms with Gasteiger partial charge in [0.25, 0.3) is 0 Å². The van der Waals surface area contributed by atoms with E-state index in [9.17, 15) is 4.79 Å². The lowest BCUT2D eigenvalue weighted by Gasteiger charge is -2.06. The summed E-state index contributed by atoms with van der Waals surface area (Å²) >= 11 is 0. The van der Waals surface area contributed by atoms with Gasteiger partial charge in [-0.3, -0.25) is 0 Å². The van der Waals surface area contributed by atoms with Crippen LogP contribution in [-0.4, -0.2) is 24.3 Å². The lowest BCUT2D eigenvalue weighted by molar-refractivity contribution is -0.137. The zero-order valence-corrected chi connectivity index (χ0v) is 15.6. The van der Waals surface area contributed by atoms with E-state index in [1.807, 2.05) is 42.5 Å². The van der Waals surface area contributed by atoms with Gasteiger partial charge >= 0.3 is 5.97 Å². The number of rotatable bonds is 7. The first-order chi connectivity index (χ1) is 13.2. The molecule has 4 nitrogen and oxygen atoms in total. The summed E-state index contributed by atoms with van der Waals surface area (Å²) in [6.07, 6.45) is 9.06. The van der Waals surface area contributed by atoms with Crippen LogP contribution in [-0.2, 0) is 16.1 Å². The van der Waals surface area contributed by atoms with Gasteiger partial charge in [0, 0.05) is 35.3 Å². The van der Waals surface area contributed by atoms with Crippen molar-refractivity contribution in [2.24, 2.45) is 0 Å². The minimum absolute atomic E-state index is 0.338. The summed E-state index contributed by atoms with van der Waals surface area (Å²) in [7, 11) is 1.67. The van der Waals surface area contributed by atoms with Crippen molar-refractivity contribution in [3.63, 3.8) is 0 Å². The fourth-order valence-corrected chi connectivity index (χ4v) is 2.96. The zero-order valence-electron chi connectivity index (χ0n) is 15.6. The molecule has 4 heteroatoms.